The first-order chi connectivity index (χ1) is 13.9. The lowest BCUT2D eigenvalue weighted by molar-refractivity contribution is 0.0148. The maximum atomic E-state index is 12.1. The van der Waals surface area contributed by atoms with E-state index >= 15 is 0 Å². The van der Waals surface area contributed by atoms with Gasteiger partial charge in [0.2, 0.25) is 0 Å². The van der Waals surface area contributed by atoms with E-state index in [1.54, 1.807) is 4.90 Å². The van der Waals surface area contributed by atoms with Crippen molar-refractivity contribution in [3.63, 3.8) is 0 Å². The van der Waals surface area contributed by atoms with Gasteiger partial charge in [-0.1, -0.05) is 6.07 Å². The molecule has 2 rings (SSSR count). The summed E-state index contributed by atoms with van der Waals surface area (Å²) in [7, 11) is 0. The zero-order valence-corrected chi connectivity index (χ0v) is 21.0. The Balaban J connectivity index is 0.00000450. The molecule has 0 unspecified atom stereocenters. The van der Waals surface area contributed by atoms with Gasteiger partial charge in [0.25, 0.3) is 0 Å². The van der Waals surface area contributed by atoms with Gasteiger partial charge < -0.3 is 20.3 Å². The molecular formula is C21H37IN6O2. The average Bonchev–Trinajstić information content (AvgIpc) is 2.68. The normalized spacial score (nSPS) is 15.3. The lowest BCUT2D eigenvalue weighted by atomic mass is 10.2. The molecular weight excluding hydrogens is 495 g/mol. The highest BCUT2D eigenvalue weighted by atomic mass is 127. The first-order valence-corrected chi connectivity index (χ1v) is 10.5. The molecule has 9 heteroatoms. The third-order valence-corrected chi connectivity index (χ3v) is 4.45. The Bertz CT molecular complexity index is 643. The first kappa shape index (κ1) is 26.4. The third-order valence-electron chi connectivity index (χ3n) is 4.45. The second-order valence-electron chi connectivity index (χ2n) is 8.07. The van der Waals surface area contributed by atoms with Crippen molar-refractivity contribution >= 4 is 36.0 Å². The summed E-state index contributed by atoms with van der Waals surface area (Å²) in [5.74, 6) is 0.829. The molecule has 2 heterocycles. The fraction of sp³-hybridized carbons (Fsp3) is 0.667. The van der Waals surface area contributed by atoms with Crippen molar-refractivity contribution in [3.05, 3.63) is 30.1 Å². The number of carbonyl (C=O) groups is 1. The molecule has 0 saturated carbocycles. The van der Waals surface area contributed by atoms with Crippen molar-refractivity contribution in [1.29, 1.82) is 0 Å². The lowest BCUT2D eigenvalue weighted by Gasteiger charge is -2.35. The Morgan fingerprint density at radius 3 is 2.53 bits per heavy atom. The van der Waals surface area contributed by atoms with Gasteiger partial charge in [0.1, 0.15) is 5.60 Å². The number of amides is 1. The molecule has 1 amide bonds. The van der Waals surface area contributed by atoms with Gasteiger partial charge in [-0.3, -0.25) is 14.9 Å². The molecule has 0 atom stereocenters. The molecule has 1 aromatic heterocycles. The highest BCUT2D eigenvalue weighted by Gasteiger charge is 2.25. The summed E-state index contributed by atoms with van der Waals surface area (Å²) in [6.07, 6.45) is 2.46. The van der Waals surface area contributed by atoms with E-state index in [1.807, 2.05) is 45.2 Å². The van der Waals surface area contributed by atoms with Gasteiger partial charge in [-0.25, -0.2) is 4.79 Å². The zero-order chi connectivity index (χ0) is 21.1. The topological polar surface area (TPSA) is 82.1 Å². The fourth-order valence-electron chi connectivity index (χ4n) is 2.98. The van der Waals surface area contributed by atoms with Gasteiger partial charge in [0.15, 0.2) is 5.96 Å². The van der Waals surface area contributed by atoms with Crippen LogP contribution in [0.5, 0.6) is 0 Å². The Labute approximate surface area is 197 Å². The average molecular weight is 532 g/mol. The number of hydrogen-bond donors (Lipinski definition) is 2. The molecule has 8 nitrogen and oxygen atoms in total. The van der Waals surface area contributed by atoms with Crippen LogP contribution in [0.15, 0.2) is 29.4 Å². The zero-order valence-electron chi connectivity index (χ0n) is 18.7. The third kappa shape index (κ3) is 10.4. The Morgan fingerprint density at radius 1 is 1.20 bits per heavy atom. The number of guanidine groups is 1. The van der Waals surface area contributed by atoms with Gasteiger partial charge in [0, 0.05) is 64.1 Å². The van der Waals surface area contributed by atoms with E-state index in [4.69, 9.17) is 4.74 Å². The minimum absolute atomic E-state index is 0. The van der Waals surface area contributed by atoms with Gasteiger partial charge >= 0.3 is 6.09 Å². The quantitative estimate of drug-likeness (QED) is 0.319. The number of hydrogen-bond acceptors (Lipinski definition) is 5. The van der Waals surface area contributed by atoms with Crippen LogP contribution in [0, 0.1) is 0 Å². The van der Waals surface area contributed by atoms with Gasteiger partial charge in [0.05, 0.1) is 6.54 Å². The van der Waals surface area contributed by atoms with E-state index in [0.717, 1.165) is 50.8 Å². The molecule has 0 aromatic carbocycles. The number of ether oxygens (including phenoxy) is 1. The first-order valence-electron chi connectivity index (χ1n) is 10.5. The van der Waals surface area contributed by atoms with E-state index < -0.39 is 5.60 Å². The van der Waals surface area contributed by atoms with Crippen molar-refractivity contribution in [2.24, 2.45) is 4.99 Å². The van der Waals surface area contributed by atoms with E-state index in [9.17, 15) is 4.79 Å². The molecule has 30 heavy (non-hydrogen) atoms. The lowest BCUT2D eigenvalue weighted by Crippen LogP contribution is -2.50. The summed E-state index contributed by atoms with van der Waals surface area (Å²) >= 11 is 0. The number of nitrogens with zero attached hydrogens (tertiary/aromatic N) is 4. The largest absolute Gasteiger partial charge is 0.444 e. The molecule has 170 valence electrons. The highest BCUT2D eigenvalue weighted by molar-refractivity contribution is 14.0. The van der Waals surface area contributed by atoms with Crippen molar-refractivity contribution in [3.8, 4) is 0 Å². The van der Waals surface area contributed by atoms with Crippen LogP contribution in [0.3, 0.4) is 0 Å². The van der Waals surface area contributed by atoms with Crippen molar-refractivity contribution in [2.75, 3.05) is 52.4 Å². The summed E-state index contributed by atoms with van der Waals surface area (Å²) in [5, 5.41) is 6.64. The molecule has 0 radical (unpaired) electrons. The molecule has 1 aliphatic rings. The molecule has 1 aliphatic heterocycles. The predicted molar refractivity (Wildman–Crippen MR) is 132 cm³/mol. The molecule has 2 N–H and O–H groups in total. The number of rotatable bonds is 7. The summed E-state index contributed by atoms with van der Waals surface area (Å²) in [5.41, 5.74) is 0.619. The highest BCUT2D eigenvalue weighted by Crippen LogP contribution is 2.11. The second kappa shape index (κ2) is 13.6. The number of aromatic nitrogens is 1. The van der Waals surface area contributed by atoms with Crippen molar-refractivity contribution in [2.45, 2.75) is 39.7 Å². The number of piperazine rings is 1. The SMILES string of the molecule is CCNC(=NCCN1CCN(C(=O)OC(C)(C)C)CC1)NCCc1ccccn1.I. The van der Waals surface area contributed by atoms with Crippen LogP contribution in [0.1, 0.15) is 33.4 Å². The molecule has 0 aliphatic carbocycles. The van der Waals surface area contributed by atoms with Crippen LogP contribution in [0.25, 0.3) is 0 Å². The smallest absolute Gasteiger partial charge is 0.410 e. The predicted octanol–water partition coefficient (Wildman–Crippen LogP) is 2.35. The Morgan fingerprint density at radius 2 is 1.93 bits per heavy atom. The maximum absolute atomic E-state index is 12.1. The molecule has 1 saturated heterocycles. The summed E-state index contributed by atoms with van der Waals surface area (Å²) in [4.78, 5) is 25.3. The van der Waals surface area contributed by atoms with E-state index in [-0.39, 0.29) is 30.1 Å². The standard InChI is InChI=1S/C21H36N6O2.HI/c1-5-22-19(24-11-9-18-8-6-7-10-23-18)25-12-13-26-14-16-27(17-15-26)20(28)29-21(2,3)4;/h6-8,10H,5,9,11-17H2,1-4H3,(H2,22,24,25);1H. The number of pyridine rings is 1. The van der Waals surface area contributed by atoms with Crippen LogP contribution in [-0.2, 0) is 11.2 Å². The van der Waals surface area contributed by atoms with Crippen molar-refractivity contribution < 1.29 is 9.53 Å². The second-order valence-corrected chi connectivity index (χ2v) is 8.07. The van der Waals surface area contributed by atoms with E-state index in [2.05, 4.69) is 32.4 Å². The van der Waals surface area contributed by atoms with Crippen LogP contribution in [-0.4, -0.2) is 84.8 Å². The van der Waals surface area contributed by atoms with Crippen molar-refractivity contribution in [1.82, 2.24) is 25.4 Å². The molecule has 0 spiro atoms. The number of carbonyl (C=O) groups excluding carboxylic acids is 1. The summed E-state index contributed by atoms with van der Waals surface area (Å²) in [6.45, 7) is 14.0. The number of nitrogens with one attached hydrogen (secondary N) is 2. The fourth-order valence-corrected chi connectivity index (χ4v) is 2.98. The van der Waals surface area contributed by atoms with Crippen LogP contribution >= 0.6 is 24.0 Å². The molecule has 1 aromatic rings. The van der Waals surface area contributed by atoms with Crippen LogP contribution < -0.4 is 10.6 Å². The van der Waals surface area contributed by atoms with Gasteiger partial charge in [-0.15, -0.1) is 24.0 Å². The maximum Gasteiger partial charge on any atom is 0.410 e. The number of halogens is 1. The summed E-state index contributed by atoms with van der Waals surface area (Å²) < 4.78 is 5.45. The van der Waals surface area contributed by atoms with Gasteiger partial charge in [-0.2, -0.15) is 0 Å². The summed E-state index contributed by atoms with van der Waals surface area (Å²) in [6, 6.07) is 5.96. The minimum Gasteiger partial charge on any atom is -0.444 e. The van der Waals surface area contributed by atoms with Crippen LogP contribution in [0.2, 0.25) is 0 Å². The Kier molecular flexibility index (Phi) is 12.0. The Hall–Kier alpha value is -1.62. The van der Waals surface area contributed by atoms with Crippen LogP contribution in [0.4, 0.5) is 4.79 Å². The number of aliphatic imine (C=N–C) groups is 1. The van der Waals surface area contributed by atoms with E-state index in [0.29, 0.717) is 19.6 Å². The van der Waals surface area contributed by atoms with E-state index in [1.165, 1.54) is 0 Å². The van der Waals surface area contributed by atoms with Gasteiger partial charge in [-0.05, 0) is 39.8 Å². The molecule has 0 bridgehead atoms. The monoisotopic (exact) mass is 532 g/mol. The minimum atomic E-state index is -0.449. The molecule has 1 fully saturated rings.